The van der Waals surface area contributed by atoms with Gasteiger partial charge in [-0.05, 0) is 0 Å². The van der Waals surface area contributed by atoms with Crippen molar-refractivity contribution in [3.63, 3.8) is 0 Å². The Morgan fingerprint density at radius 3 is 2.20 bits per heavy atom. The molecule has 0 heterocycles. The number of hydrogen-bond acceptors (Lipinski definition) is 2. The molecule has 3 N–H and O–H groups in total. The molecule has 0 fully saturated rings. The second-order valence-corrected chi connectivity index (χ2v) is 0.598. The van der Waals surface area contributed by atoms with E-state index in [0.717, 1.165) is 0 Å². The van der Waals surface area contributed by atoms with Crippen molar-refractivity contribution in [2.45, 2.75) is 0 Å². The van der Waals surface area contributed by atoms with Gasteiger partial charge in [-0.1, -0.05) is 0 Å². The van der Waals surface area contributed by atoms with Crippen LogP contribution in [-0.2, 0) is 4.79 Å². The van der Waals surface area contributed by atoms with E-state index in [-0.39, 0.29) is 6.54 Å². The maximum absolute atomic E-state index is 9.24. The molecule has 0 aliphatic carbocycles. The van der Waals surface area contributed by atoms with Gasteiger partial charge in [0.15, 0.2) is 0 Å². The van der Waals surface area contributed by atoms with Crippen LogP contribution in [0.2, 0.25) is 0 Å². The zero-order valence-electron chi connectivity index (χ0n) is 2.64. The molecular formula is C2H5NO2. The molecule has 0 radical (unpaired) electrons. The zero-order chi connectivity index (χ0) is 4.28. The number of carboxylic acid groups (broad SMARTS) is 1. The molecule has 0 spiro atoms. The molecule has 3 nitrogen and oxygen atoms in total. The van der Waals surface area contributed by atoms with Crippen molar-refractivity contribution >= 4 is 5.97 Å². The first kappa shape index (κ1) is 4.43. The Balaban J connectivity index is 2.85. The average Bonchev–Trinajstić information content (AvgIpc) is 1.38. The van der Waals surface area contributed by atoms with Gasteiger partial charge in [0, 0.05) is 0 Å². The van der Waals surface area contributed by atoms with Crippen molar-refractivity contribution in [3.8, 4) is 0 Å². The Bertz CT molecular complexity index is 42.9. The van der Waals surface area contributed by atoms with Crippen LogP contribution >= 0.6 is 0 Å². The lowest BCUT2D eigenvalue weighted by Crippen LogP contribution is -2.10. The highest BCUT2D eigenvalue weighted by Gasteiger charge is 1.81. The maximum Gasteiger partial charge on any atom is 0.317 e. The normalized spacial score (nSPS) is 7.40. The van der Waals surface area contributed by atoms with E-state index in [4.69, 9.17) is 5.11 Å². The van der Waals surface area contributed by atoms with Crippen LogP contribution in [-0.4, -0.2) is 17.6 Å². The predicted molar refractivity (Wildman–Crippen MR) is 16.7 cm³/mol. The number of carboxylic acids is 1. The molecule has 30 valence electrons. The van der Waals surface area contributed by atoms with Crippen LogP contribution in [0, 0.1) is 0 Å². The minimum absolute atomic E-state index is 0.278. The van der Waals surface area contributed by atoms with E-state index in [1.165, 1.54) is 0 Å². The van der Waals surface area contributed by atoms with E-state index in [2.05, 4.69) is 5.73 Å². The third-order valence-corrected chi connectivity index (χ3v) is 0.175. The third-order valence-electron chi connectivity index (χ3n) is 0.175. The van der Waals surface area contributed by atoms with Crippen molar-refractivity contribution in [2.75, 3.05) is 6.54 Å². The second-order valence-electron chi connectivity index (χ2n) is 0.598. The Morgan fingerprint density at radius 2 is 2.20 bits per heavy atom. The van der Waals surface area contributed by atoms with E-state index in [1.807, 2.05) is 0 Å². The molecule has 0 bridgehead atoms. The summed E-state index contributed by atoms with van der Waals surface area (Å²) in [6, 6.07) is 0. The average molecular weight is 77.1 g/mol. The van der Waals surface area contributed by atoms with Crippen LogP contribution < -0.4 is 5.73 Å². The van der Waals surface area contributed by atoms with Gasteiger partial charge in [-0.3, -0.25) is 4.79 Å². The van der Waals surface area contributed by atoms with E-state index in [1.54, 1.807) is 0 Å². The van der Waals surface area contributed by atoms with Gasteiger partial charge < -0.3 is 10.8 Å². The van der Waals surface area contributed by atoms with Gasteiger partial charge in [0.25, 0.3) is 0 Å². The van der Waals surface area contributed by atoms with Gasteiger partial charge in [0.05, 0.1) is 6.54 Å². The summed E-state index contributed by atoms with van der Waals surface area (Å²) in [6.45, 7) is -0.278. The highest BCUT2D eigenvalue weighted by Crippen LogP contribution is 1.43. The van der Waals surface area contributed by atoms with Crippen molar-refractivity contribution in [3.05, 3.63) is 0 Å². The fourth-order valence-corrected chi connectivity index (χ4v) is 0. The first-order chi connectivity index (χ1) is 2.27. The SMILES string of the molecule is N[14CH2]C(=O)O. The fraction of sp³-hybridized carbons (Fsp3) is 0.500. The lowest BCUT2D eigenvalue weighted by molar-refractivity contribution is -0.135. The minimum atomic E-state index is -0.968. The highest BCUT2D eigenvalue weighted by molar-refractivity contribution is 5.68. The van der Waals surface area contributed by atoms with E-state index >= 15 is 0 Å². The van der Waals surface area contributed by atoms with Crippen LogP contribution in [0.1, 0.15) is 0 Å². The summed E-state index contributed by atoms with van der Waals surface area (Å²) in [6.07, 6.45) is 0. The molecule has 0 rings (SSSR count). The fourth-order valence-electron chi connectivity index (χ4n) is 0. The molecule has 0 aromatic heterocycles. The molecule has 0 aromatic rings. The highest BCUT2D eigenvalue weighted by atomic mass is 16.4. The molecule has 0 saturated carbocycles. The van der Waals surface area contributed by atoms with Crippen LogP contribution in [0.25, 0.3) is 0 Å². The van der Waals surface area contributed by atoms with E-state index in [9.17, 15) is 4.79 Å². The van der Waals surface area contributed by atoms with E-state index < -0.39 is 5.97 Å². The number of carbonyl (C=O) groups is 1. The summed E-state index contributed by atoms with van der Waals surface area (Å²) in [7, 11) is 0. The summed E-state index contributed by atoms with van der Waals surface area (Å²) in [5, 5.41) is 7.60. The molecule has 0 atom stereocenters. The Kier molecular flexibility index (Phi) is 1.53. The maximum atomic E-state index is 9.24. The minimum Gasteiger partial charge on any atom is -0.480 e. The van der Waals surface area contributed by atoms with Crippen molar-refractivity contribution in [1.82, 2.24) is 0 Å². The monoisotopic (exact) mass is 77.0 g/mol. The smallest absolute Gasteiger partial charge is 0.317 e. The van der Waals surface area contributed by atoms with Crippen LogP contribution in [0.15, 0.2) is 0 Å². The van der Waals surface area contributed by atoms with Gasteiger partial charge in [0.2, 0.25) is 0 Å². The Labute approximate surface area is 29.4 Å². The largest absolute Gasteiger partial charge is 0.480 e. The molecule has 5 heavy (non-hydrogen) atoms. The summed E-state index contributed by atoms with van der Waals surface area (Å²) >= 11 is 0. The molecule has 0 aromatic carbocycles. The van der Waals surface area contributed by atoms with Gasteiger partial charge in [0.1, 0.15) is 0 Å². The Hall–Kier alpha value is -0.570. The number of nitrogens with two attached hydrogens (primary N) is 1. The molecule has 0 saturated heterocycles. The summed E-state index contributed by atoms with van der Waals surface area (Å²) in [5.41, 5.74) is 4.57. The number of hydrogen-bond donors (Lipinski definition) is 2. The third kappa shape index (κ3) is 3.43. The molecule has 3 heteroatoms. The van der Waals surface area contributed by atoms with Gasteiger partial charge in [-0.25, -0.2) is 0 Å². The standard InChI is InChI=1S/C2H5NO2/c3-1-2(4)5/h1,3H2,(H,4,5)/i1+2. The molecule has 0 aliphatic rings. The van der Waals surface area contributed by atoms with Gasteiger partial charge in [-0.15, -0.1) is 0 Å². The van der Waals surface area contributed by atoms with Crippen molar-refractivity contribution < 1.29 is 9.90 Å². The van der Waals surface area contributed by atoms with E-state index in [0.29, 0.717) is 0 Å². The quantitative estimate of drug-likeness (QED) is 0.423. The zero-order valence-corrected chi connectivity index (χ0v) is 2.64. The van der Waals surface area contributed by atoms with Crippen molar-refractivity contribution in [2.24, 2.45) is 5.73 Å². The topological polar surface area (TPSA) is 63.3 Å². The number of aliphatic carboxylic acids is 1. The van der Waals surface area contributed by atoms with Gasteiger partial charge in [-0.2, -0.15) is 0 Å². The van der Waals surface area contributed by atoms with Crippen LogP contribution in [0.5, 0.6) is 0 Å². The summed E-state index contributed by atoms with van der Waals surface area (Å²) in [4.78, 5) is 9.24. The Morgan fingerprint density at radius 1 is 2.00 bits per heavy atom. The number of rotatable bonds is 1. The lowest BCUT2D eigenvalue weighted by atomic mass is 11.3. The lowest BCUT2D eigenvalue weighted by Gasteiger charge is -1.73. The first-order valence-corrected chi connectivity index (χ1v) is 1.19. The summed E-state index contributed by atoms with van der Waals surface area (Å²) in [5.74, 6) is -0.968. The molecular weight excluding hydrogens is 72.0 g/mol. The molecule has 0 amide bonds. The van der Waals surface area contributed by atoms with Gasteiger partial charge >= 0.3 is 5.97 Å². The second kappa shape index (κ2) is 1.72. The van der Waals surface area contributed by atoms with Crippen LogP contribution in [0.4, 0.5) is 0 Å². The van der Waals surface area contributed by atoms with Crippen LogP contribution in [0.3, 0.4) is 0 Å². The molecule has 0 unspecified atom stereocenters. The molecule has 0 aliphatic heterocycles. The van der Waals surface area contributed by atoms with Crippen molar-refractivity contribution in [1.29, 1.82) is 0 Å². The summed E-state index contributed by atoms with van der Waals surface area (Å²) < 4.78 is 0. The first-order valence-electron chi connectivity index (χ1n) is 1.19. The predicted octanol–water partition coefficient (Wildman–Crippen LogP) is -0.970.